The average Bonchev–Trinajstić information content (AvgIpc) is 2.49. The molecule has 0 spiro atoms. The number of rotatable bonds is 3. The lowest BCUT2D eigenvalue weighted by Crippen LogP contribution is -2.25. The minimum atomic E-state index is -0.793. The van der Waals surface area contributed by atoms with Gasteiger partial charge in [0.15, 0.2) is 0 Å². The smallest absolute Gasteiger partial charge is 0.306 e. The molecule has 0 aliphatic heterocycles. The SMILES string of the molecule is CN(C)c1ccccc1.O=C(O)C1CCC(C(=O)O)CC1. The van der Waals surface area contributed by atoms with E-state index in [-0.39, 0.29) is 11.8 Å². The van der Waals surface area contributed by atoms with Gasteiger partial charge in [-0.1, -0.05) is 18.2 Å². The molecule has 21 heavy (non-hydrogen) atoms. The van der Waals surface area contributed by atoms with Crippen molar-refractivity contribution in [3.05, 3.63) is 30.3 Å². The van der Waals surface area contributed by atoms with Gasteiger partial charge in [0.2, 0.25) is 0 Å². The fourth-order valence-corrected chi connectivity index (χ4v) is 2.31. The fourth-order valence-electron chi connectivity index (χ4n) is 2.31. The molecule has 0 saturated heterocycles. The molecular weight excluding hydrogens is 270 g/mol. The summed E-state index contributed by atoms with van der Waals surface area (Å²) < 4.78 is 0. The maximum Gasteiger partial charge on any atom is 0.306 e. The highest BCUT2D eigenvalue weighted by Crippen LogP contribution is 2.28. The van der Waals surface area contributed by atoms with Crippen molar-refractivity contribution in [2.75, 3.05) is 19.0 Å². The first-order valence-electron chi connectivity index (χ1n) is 7.09. The van der Waals surface area contributed by atoms with Crippen LogP contribution in [0.15, 0.2) is 30.3 Å². The summed E-state index contributed by atoms with van der Waals surface area (Å²) in [5.41, 5.74) is 1.25. The number of para-hydroxylation sites is 1. The van der Waals surface area contributed by atoms with Crippen LogP contribution >= 0.6 is 0 Å². The van der Waals surface area contributed by atoms with Crippen LogP contribution in [0.4, 0.5) is 5.69 Å². The van der Waals surface area contributed by atoms with E-state index in [1.807, 2.05) is 32.3 Å². The Labute approximate surface area is 125 Å². The van der Waals surface area contributed by atoms with Gasteiger partial charge in [-0.25, -0.2) is 0 Å². The highest BCUT2D eigenvalue weighted by molar-refractivity contribution is 5.72. The normalized spacial score (nSPS) is 20.9. The summed E-state index contributed by atoms with van der Waals surface area (Å²) in [7, 11) is 4.07. The molecule has 0 atom stereocenters. The van der Waals surface area contributed by atoms with Crippen molar-refractivity contribution in [3.63, 3.8) is 0 Å². The van der Waals surface area contributed by atoms with Crippen molar-refractivity contribution in [2.24, 2.45) is 11.8 Å². The molecule has 1 fully saturated rings. The molecule has 116 valence electrons. The van der Waals surface area contributed by atoms with E-state index in [2.05, 4.69) is 17.0 Å². The van der Waals surface area contributed by atoms with E-state index in [0.717, 1.165) is 0 Å². The van der Waals surface area contributed by atoms with Gasteiger partial charge < -0.3 is 15.1 Å². The van der Waals surface area contributed by atoms with Crippen molar-refractivity contribution in [1.29, 1.82) is 0 Å². The second kappa shape index (κ2) is 8.29. The van der Waals surface area contributed by atoms with Crippen LogP contribution in [-0.4, -0.2) is 36.2 Å². The quantitative estimate of drug-likeness (QED) is 0.896. The Balaban J connectivity index is 0.000000219. The number of carboxylic acids is 2. The summed E-state index contributed by atoms with van der Waals surface area (Å²) in [5, 5.41) is 17.2. The van der Waals surface area contributed by atoms with Gasteiger partial charge in [0.1, 0.15) is 0 Å². The lowest BCUT2D eigenvalue weighted by atomic mass is 9.82. The third-order valence-corrected chi connectivity index (χ3v) is 3.70. The molecule has 1 aromatic carbocycles. The summed E-state index contributed by atoms with van der Waals surface area (Å²) in [4.78, 5) is 23.1. The molecule has 0 bridgehead atoms. The number of aliphatic carboxylic acids is 2. The molecule has 0 aromatic heterocycles. The molecule has 0 radical (unpaired) electrons. The standard InChI is InChI=1S/C8H11N.C8H12O4/c1-9(2)8-6-4-3-5-7-8;9-7(10)5-1-2-6(4-3-5)8(11)12/h3-7H,1-2H3;5-6H,1-4H2,(H,9,10)(H,11,12). The van der Waals surface area contributed by atoms with Gasteiger partial charge in [0.05, 0.1) is 11.8 Å². The number of carbonyl (C=O) groups is 2. The number of hydrogen-bond acceptors (Lipinski definition) is 3. The lowest BCUT2D eigenvalue weighted by Gasteiger charge is -2.22. The lowest BCUT2D eigenvalue weighted by molar-refractivity contribution is -0.148. The molecular formula is C16H23NO4. The molecule has 1 aromatic rings. The molecule has 5 heteroatoms. The van der Waals surface area contributed by atoms with Crippen LogP contribution in [0.25, 0.3) is 0 Å². The third kappa shape index (κ3) is 5.85. The Morgan fingerprint density at radius 2 is 1.29 bits per heavy atom. The second-order valence-corrected chi connectivity index (χ2v) is 5.45. The van der Waals surface area contributed by atoms with Crippen LogP contribution in [0.5, 0.6) is 0 Å². The molecule has 5 nitrogen and oxygen atoms in total. The third-order valence-electron chi connectivity index (χ3n) is 3.70. The van der Waals surface area contributed by atoms with E-state index >= 15 is 0 Å². The second-order valence-electron chi connectivity index (χ2n) is 5.45. The van der Waals surface area contributed by atoms with Crippen molar-refractivity contribution in [3.8, 4) is 0 Å². The van der Waals surface area contributed by atoms with Gasteiger partial charge >= 0.3 is 11.9 Å². The van der Waals surface area contributed by atoms with Crippen molar-refractivity contribution < 1.29 is 19.8 Å². The van der Waals surface area contributed by atoms with E-state index in [9.17, 15) is 9.59 Å². The first kappa shape index (κ1) is 17.0. The zero-order chi connectivity index (χ0) is 15.8. The van der Waals surface area contributed by atoms with Crippen LogP contribution in [0.3, 0.4) is 0 Å². The molecule has 2 rings (SSSR count). The summed E-state index contributed by atoms with van der Waals surface area (Å²) in [6, 6.07) is 10.3. The minimum Gasteiger partial charge on any atom is -0.481 e. The molecule has 0 amide bonds. The molecule has 1 saturated carbocycles. The zero-order valence-electron chi connectivity index (χ0n) is 12.5. The first-order valence-corrected chi connectivity index (χ1v) is 7.09. The molecule has 1 aliphatic rings. The van der Waals surface area contributed by atoms with Gasteiger partial charge in [-0.2, -0.15) is 0 Å². The summed E-state index contributed by atoms with van der Waals surface area (Å²) >= 11 is 0. The van der Waals surface area contributed by atoms with E-state index in [1.165, 1.54) is 5.69 Å². The van der Waals surface area contributed by atoms with E-state index in [4.69, 9.17) is 10.2 Å². The van der Waals surface area contributed by atoms with Gasteiger partial charge in [-0.3, -0.25) is 9.59 Å². The maximum atomic E-state index is 10.5. The van der Waals surface area contributed by atoms with Gasteiger partial charge in [-0.05, 0) is 37.8 Å². The first-order chi connectivity index (χ1) is 9.91. The maximum absolute atomic E-state index is 10.5. The number of benzene rings is 1. The molecule has 1 aliphatic carbocycles. The Kier molecular flexibility index (Phi) is 6.72. The average molecular weight is 293 g/mol. The predicted molar refractivity (Wildman–Crippen MR) is 81.5 cm³/mol. The topological polar surface area (TPSA) is 77.8 Å². The fraction of sp³-hybridized carbons (Fsp3) is 0.500. The largest absolute Gasteiger partial charge is 0.481 e. The van der Waals surface area contributed by atoms with Crippen LogP contribution < -0.4 is 4.90 Å². The monoisotopic (exact) mass is 293 g/mol. The molecule has 2 N–H and O–H groups in total. The molecule has 0 unspecified atom stereocenters. The number of anilines is 1. The van der Waals surface area contributed by atoms with Gasteiger partial charge in [0, 0.05) is 19.8 Å². The summed E-state index contributed by atoms with van der Waals surface area (Å²) in [6.07, 6.45) is 2.03. The Morgan fingerprint density at radius 3 is 1.52 bits per heavy atom. The number of hydrogen-bond donors (Lipinski definition) is 2. The van der Waals surface area contributed by atoms with Crippen LogP contribution in [0.2, 0.25) is 0 Å². The summed E-state index contributed by atoms with van der Waals surface area (Å²) in [6.45, 7) is 0. The highest BCUT2D eigenvalue weighted by Gasteiger charge is 2.29. The van der Waals surface area contributed by atoms with E-state index in [0.29, 0.717) is 25.7 Å². The van der Waals surface area contributed by atoms with Gasteiger partial charge in [0.25, 0.3) is 0 Å². The van der Waals surface area contributed by atoms with Crippen molar-refractivity contribution in [1.82, 2.24) is 0 Å². The van der Waals surface area contributed by atoms with Crippen molar-refractivity contribution >= 4 is 17.6 Å². The highest BCUT2D eigenvalue weighted by atomic mass is 16.4. The van der Waals surface area contributed by atoms with Gasteiger partial charge in [-0.15, -0.1) is 0 Å². The Bertz CT molecular complexity index is 429. The van der Waals surface area contributed by atoms with E-state index < -0.39 is 11.9 Å². The Morgan fingerprint density at radius 1 is 0.905 bits per heavy atom. The Hall–Kier alpha value is -2.04. The van der Waals surface area contributed by atoms with E-state index in [1.54, 1.807) is 0 Å². The predicted octanol–water partition coefficient (Wildman–Crippen LogP) is 2.71. The van der Waals surface area contributed by atoms with Crippen LogP contribution in [0, 0.1) is 11.8 Å². The van der Waals surface area contributed by atoms with Crippen molar-refractivity contribution in [2.45, 2.75) is 25.7 Å². The van der Waals surface area contributed by atoms with Crippen LogP contribution in [-0.2, 0) is 9.59 Å². The number of nitrogens with zero attached hydrogens (tertiary/aromatic N) is 1. The minimum absolute atomic E-state index is 0.319. The molecule has 0 heterocycles. The van der Waals surface area contributed by atoms with Crippen LogP contribution in [0.1, 0.15) is 25.7 Å². The number of carboxylic acid groups (broad SMARTS) is 2. The zero-order valence-corrected chi connectivity index (χ0v) is 12.5. The summed E-state index contributed by atoms with van der Waals surface area (Å²) in [5.74, 6) is -2.22.